The lowest BCUT2D eigenvalue weighted by Crippen LogP contribution is -2.37. The van der Waals surface area contributed by atoms with Gasteiger partial charge >= 0.3 is 0 Å². The van der Waals surface area contributed by atoms with Crippen LogP contribution in [0.2, 0.25) is 0 Å². The van der Waals surface area contributed by atoms with Crippen LogP contribution in [0.5, 0.6) is 0 Å². The maximum atomic E-state index is 12.7. The Balaban J connectivity index is 1.24. The lowest BCUT2D eigenvalue weighted by molar-refractivity contribution is -0.119. The summed E-state index contributed by atoms with van der Waals surface area (Å²) in [4.78, 5) is 36.1. The van der Waals surface area contributed by atoms with E-state index in [0.717, 1.165) is 28.8 Å². The number of nitrogens with zero attached hydrogens (tertiary/aromatic N) is 4. The molecule has 1 saturated heterocycles. The van der Waals surface area contributed by atoms with E-state index in [9.17, 15) is 18.0 Å². The van der Waals surface area contributed by atoms with E-state index >= 15 is 0 Å². The summed E-state index contributed by atoms with van der Waals surface area (Å²) in [6.45, 7) is 2.62. The molecule has 0 radical (unpaired) electrons. The molecule has 12 nitrogen and oxygen atoms in total. The molecule has 13 heteroatoms. The number of amides is 1. The quantitative estimate of drug-likeness (QED) is 0.270. The topological polar surface area (TPSA) is 173 Å². The fourth-order valence-electron chi connectivity index (χ4n) is 4.53. The monoisotopic (exact) mass is 563 g/mol. The first kappa shape index (κ1) is 27.2. The number of aromatic amines is 1. The largest absolute Gasteiger partial charge is 0.380 e. The van der Waals surface area contributed by atoms with E-state index in [1.165, 1.54) is 0 Å². The minimum atomic E-state index is -3.60. The van der Waals surface area contributed by atoms with Gasteiger partial charge in [0.15, 0.2) is 17.5 Å². The summed E-state index contributed by atoms with van der Waals surface area (Å²) in [6, 6.07) is 14.5. The van der Waals surface area contributed by atoms with Gasteiger partial charge in [0.1, 0.15) is 16.8 Å². The molecule has 4 aromatic rings. The predicted molar refractivity (Wildman–Crippen MR) is 150 cm³/mol. The molecule has 5 rings (SSSR count). The first-order valence-corrected chi connectivity index (χ1v) is 14.6. The molecule has 4 N–H and O–H groups in total. The Morgan fingerprint density at radius 2 is 1.52 bits per heavy atom. The average Bonchev–Trinajstić information content (AvgIpc) is 3.29. The first-order valence-electron chi connectivity index (χ1n) is 12.7. The number of rotatable bonds is 9. The lowest BCUT2D eigenvalue weighted by Gasteiger charge is -2.28. The van der Waals surface area contributed by atoms with Crippen molar-refractivity contribution in [2.24, 2.45) is 0 Å². The number of hydrogen-bond acceptors (Lipinski definition) is 10. The predicted octanol–water partition coefficient (Wildman–Crippen LogP) is 1.41. The molecule has 0 bridgehead atoms. The van der Waals surface area contributed by atoms with Crippen molar-refractivity contribution in [2.75, 3.05) is 43.2 Å². The van der Waals surface area contributed by atoms with E-state index in [1.807, 2.05) is 29.0 Å². The van der Waals surface area contributed by atoms with Crippen molar-refractivity contribution in [3.05, 3.63) is 65.2 Å². The molecule has 0 saturated carbocycles. The summed E-state index contributed by atoms with van der Waals surface area (Å²) in [7, 11) is -3.60. The molecule has 0 spiro atoms. The number of nitrogens with two attached hydrogens (primary N) is 1. The highest BCUT2D eigenvalue weighted by molar-refractivity contribution is 7.89. The molecule has 208 valence electrons. The van der Waals surface area contributed by atoms with E-state index in [0.29, 0.717) is 54.5 Å². The number of H-pyrrole nitrogens is 1. The molecule has 2 aromatic heterocycles. The van der Waals surface area contributed by atoms with Crippen molar-refractivity contribution in [3.8, 4) is 11.4 Å². The van der Waals surface area contributed by atoms with E-state index in [-0.39, 0.29) is 25.0 Å². The van der Waals surface area contributed by atoms with Crippen LogP contribution in [0.1, 0.15) is 16.7 Å². The Labute approximate surface area is 231 Å². The number of ketones is 1. The number of aromatic nitrogens is 4. The van der Waals surface area contributed by atoms with E-state index < -0.39 is 15.9 Å². The Hall–Kier alpha value is -4.36. The third-order valence-electron chi connectivity index (χ3n) is 6.43. The second-order valence-electron chi connectivity index (χ2n) is 9.68. The third-order valence-corrected chi connectivity index (χ3v) is 7.03. The van der Waals surface area contributed by atoms with Gasteiger partial charge in [0, 0.05) is 31.5 Å². The summed E-state index contributed by atoms with van der Waals surface area (Å²) in [5, 5.41) is 7.05. The Bertz CT molecular complexity index is 1650. The van der Waals surface area contributed by atoms with Gasteiger partial charge in [-0.15, -0.1) is 0 Å². The number of nitrogen functional groups attached to an aromatic ring is 1. The number of Topliss-reactive ketones (excluding diaryl/α,β-unsaturated/α-hetero) is 1. The molecule has 0 atom stereocenters. The normalized spacial score (nSPS) is 13.9. The number of nitrogens with one attached hydrogen (secondary N) is 2. The molecule has 0 aliphatic carbocycles. The Morgan fingerprint density at radius 3 is 2.12 bits per heavy atom. The van der Waals surface area contributed by atoms with Crippen molar-refractivity contribution in [2.45, 2.75) is 19.3 Å². The molecule has 2 aromatic carbocycles. The van der Waals surface area contributed by atoms with Crippen LogP contribution >= 0.6 is 0 Å². The second-order valence-corrected chi connectivity index (χ2v) is 11.4. The van der Waals surface area contributed by atoms with Crippen molar-refractivity contribution in [3.63, 3.8) is 0 Å². The fraction of sp³-hybridized carbons (Fsp3) is 0.296. The summed E-state index contributed by atoms with van der Waals surface area (Å²) < 4.78 is 29.8. The van der Waals surface area contributed by atoms with Crippen LogP contribution in [0.3, 0.4) is 0 Å². The SMILES string of the molecule is CS(=O)(=O)NC(=O)Cc1ccc(CC(=O)Cc2ccc(-c3nc(N4CCOCC4)c4[nH]nc(N)c4n3)cc2)cc1. The van der Waals surface area contributed by atoms with Crippen LogP contribution in [-0.2, 0) is 43.6 Å². The highest BCUT2D eigenvalue weighted by Gasteiger charge is 2.21. The van der Waals surface area contributed by atoms with Gasteiger partial charge in [-0.25, -0.2) is 18.4 Å². The van der Waals surface area contributed by atoms with Crippen LogP contribution < -0.4 is 15.4 Å². The van der Waals surface area contributed by atoms with Crippen LogP contribution in [0, 0.1) is 0 Å². The first-order chi connectivity index (χ1) is 19.1. The Morgan fingerprint density at radius 1 is 0.950 bits per heavy atom. The van der Waals surface area contributed by atoms with Crippen LogP contribution in [0.15, 0.2) is 48.5 Å². The van der Waals surface area contributed by atoms with Gasteiger partial charge in [-0.1, -0.05) is 48.5 Å². The number of ether oxygens (including phenoxy) is 1. The zero-order valence-corrected chi connectivity index (χ0v) is 22.7. The van der Waals surface area contributed by atoms with Gasteiger partial charge in [-0.05, 0) is 16.7 Å². The smallest absolute Gasteiger partial charge is 0.237 e. The number of anilines is 2. The average molecular weight is 564 g/mol. The van der Waals surface area contributed by atoms with Crippen LogP contribution in [0.4, 0.5) is 11.6 Å². The number of carbonyl (C=O) groups is 2. The molecule has 40 heavy (non-hydrogen) atoms. The minimum Gasteiger partial charge on any atom is -0.380 e. The van der Waals surface area contributed by atoms with Crippen LogP contribution in [-0.4, -0.2) is 72.8 Å². The van der Waals surface area contributed by atoms with E-state index in [2.05, 4.69) is 20.1 Å². The number of hydrogen-bond donors (Lipinski definition) is 3. The maximum Gasteiger partial charge on any atom is 0.237 e. The van der Waals surface area contributed by atoms with E-state index in [1.54, 1.807) is 24.3 Å². The summed E-state index contributed by atoms with van der Waals surface area (Å²) in [6.07, 6.45) is 1.36. The Kier molecular flexibility index (Phi) is 7.76. The number of sulfonamides is 1. The molecule has 3 heterocycles. The van der Waals surface area contributed by atoms with Crippen molar-refractivity contribution >= 4 is 44.4 Å². The van der Waals surface area contributed by atoms with Gasteiger partial charge in [0.2, 0.25) is 15.9 Å². The standard InChI is InChI=1S/C27H29N7O5S/c1-40(37,38)33-22(36)16-19-4-2-17(3-5-19)14-21(35)15-18-6-8-20(9-7-18)26-29-23-24(31-32-25(23)28)27(30-26)34-10-12-39-13-11-34/h2-9H,10-16H2,1H3,(H,33,36)(H3,28,31,32). The van der Waals surface area contributed by atoms with Crippen molar-refractivity contribution < 1.29 is 22.7 Å². The summed E-state index contributed by atoms with van der Waals surface area (Å²) >= 11 is 0. The number of benzene rings is 2. The molecular weight excluding hydrogens is 534 g/mol. The highest BCUT2D eigenvalue weighted by atomic mass is 32.2. The summed E-state index contributed by atoms with van der Waals surface area (Å²) in [5.74, 6) is 0.985. The minimum absolute atomic E-state index is 0.0359. The molecule has 0 unspecified atom stereocenters. The van der Waals surface area contributed by atoms with Gasteiger partial charge in [0.25, 0.3) is 0 Å². The van der Waals surface area contributed by atoms with Crippen molar-refractivity contribution in [1.82, 2.24) is 24.9 Å². The molecule has 1 aliphatic heterocycles. The zero-order chi connectivity index (χ0) is 28.3. The molecule has 1 fully saturated rings. The summed E-state index contributed by atoms with van der Waals surface area (Å²) in [5.41, 5.74) is 10.4. The number of carbonyl (C=O) groups excluding carboxylic acids is 2. The number of fused-ring (bicyclic) bond motifs is 1. The van der Waals surface area contributed by atoms with Gasteiger partial charge in [-0.3, -0.25) is 19.4 Å². The van der Waals surface area contributed by atoms with Crippen LogP contribution in [0.25, 0.3) is 22.4 Å². The third kappa shape index (κ3) is 6.61. The molecular formula is C27H29N7O5S. The molecule has 1 amide bonds. The second kappa shape index (κ2) is 11.4. The highest BCUT2D eigenvalue weighted by Crippen LogP contribution is 2.29. The lowest BCUT2D eigenvalue weighted by atomic mass is 10.0. The van der Waals surface area contributed by atoms with E-state index in [4.69, 9.17) is 15.5 Å². The number of morpholine rings is 1. The zero-order valence-electron chi connectivity index (χ0n) is 21.9. The molecule has 1 aliphatic rings. The fourth-order valence-corrected chi connectivity index (χ4v) is 5.02. The van der Waals surface area contributed by atoms with Gasteiger partial charge in [-0.2, -0.15) is 5.10 Å². The maximum absolute atomic E-state index is 12.7. The van der Waals surface area contributed by atoms with Gasteiger partial charge < -0.3 is 15.4 Å². The van der Waals surface area contributed by atoms with Gasteiger partial charge in [0.05, 0.1) is 25.9 Å². The van der Waals surface area contributed by atoms with Crippen molar-refractivity contribution in [1.29, 1.82) is 0 Å².